The molecule has 0 atom stereocenters. The molecule has 1 aromatic heterocycles. The highest BCUT2D eigenvalue weighted by molar-refractivity contribution is 5.70. The van der Waals surface area contributed by atoms with Gasteiger partial charge in [-0.25, -0.2) is 4.79 Å². The molecular weight excluding hydrogens is 184 g/mol. The maximum absolute atomic E-state index is 11.3. The molecule has 2 N–H and O–H groups in total. The standard InChI is InChI=1S/C8H12N4O2/c13-8(10-6-3-1-2-4-6)14-7-5-9-12-11-7/h5-6H,1-4H2,(H,10,13)(H,9,11,12). The van der Waals surface area contributed by atoms with Crippen LogP contribution in [0.25, 0.3) is 0 Å². The molecule has 0 spiro atoms. The van der Waals surface area contributed by atoms with E-state index in [4.69, 9.17) is 4.74 Å². The number of rotatable bonds is 2. The van der Waals surface area contributed by atoms with Gasteiger partial charge in [0.25, 0.3) is 5.88 Å². The van der Waals surface area contributed by atoms with E-state index in [1.807, 2.05) is 0 Å². The average molecular weight is 196 g/mol. The minimum atomic E-state index is -0.453. The van der Waals surface area contributed by atoms with Crippen LogP contribution in [-0.4, -0.2) is 27.5 Å². The van der Waals surface area contributed by atoms with Crippen molar-refractivity contribution < 1.29 is 9.53 Å². The number of hydrogen-bond donors (Lipinski definition) is 2. The number of amides is 1. The molecule has 1 aromatic rings. The summed E-state index contributed by atoms with van der Waals surface area (Å²) in [5, 5.41) is 12.2. The lowest BCUT2D eigenvalue weighted by atomic mass is 10.3. The van der Waals surface area contributed by atoms with Gasteiger partial charge in [0.2, 0.25) is 0 Å². The van der Waals surface area contributed by atoms with E-state index < -0.39 is 6.09 Å². The summed E-state index contributed by atoms with van der Waals surface area (Å²) >= 11 is 0. The van der Waals surface area contributed by atoms with Crippen molar-refractivity contribution in [1.29, 1.82) is 0 Å². The molecule has 1 aliphatic rings. The van der Waals surface area contributed by atoms with Gasteiger partial charge < -0.3 is 10.1 Å². The molecule has 0 saturated heterocycles. The van der Waals surface area contributed by atoms with Crippen LogP contribution in [0.5, 0.6) is 5.88 Å². The summed E-state index contributed by atoms with van der Waals surface area (Å²) in [4.78, 5) is 11.3. The predicted molar refractivity (Wildman–Crippen MR) is 47.8 cm³/mol. The van der Waals surface area contributed by atoms with Gasteiger partial charge in [-0.2, -0.15) is 0 Å². The summed E-state index contributed by atoms with van der Waals surface area (Å²) in [5.41, 5.74) is 0. The summed E-state index contributed by atoms with van der Waals surface area (Å²) in [7, 11) is 0. The summed E-state index contributed by atoms with van der Waals surface area (Å²) in [6, 6.07) is 0.259. The molecule has 0 unspecified atom stereocenters. The van der Waals surface area contributed by atoms with Crippen LogP contribution >= 0.6 is 0 Å². The molecule has 6 nitrogen and oxygen atoms in total. The quantitative estimate of drug-likeness (QED) is 0.734. The zero-order valence-corrected chi connectivity index (χ0v) is 7.69. The highest BCUT2D eigenvalue weighted by atomic mass is 16.6. The predicted octanol–water partition coefficient (Wildman–Crippen LogP) is 0.836. The molecule has 14 heavy (non-hydrogen) atoms. The maximum atomic E-state index is 11.3. The first-order valence-corrected chi connectivity index (χ1v) is 4.69. The molecule has 76 valence electrons. The van der Waals surface area contributed by atoms with Crippen molar-refractivity contribution in [2.24, 2.45) is 0 Å². The number of nitrogens with zero attached hydrogens (tertiary/aromatic N) is 2. The topological polar surface area (TPSA) is 79.9 Å². The molecule has 0 aromatic carbocycles. The number of hydrogen-bond acceptors (Lipinski definition) is 4. The lowest BCUT2D eigenvalue weighted by Crippen LogP contribution is -2.34. The van der Waals surface area contributed by atoms with Crippen molar-refractivity contribution in [1.82, 2.24) is 20.7 Å². The third kappa shape index (κ3) is 2.21. The van der Waals surface area contributed by atoms with E-state index in [2.05, 4.69) is 20.7 Å². The second-order valence-corrected chi connectivity index (χ2v) is 3.33. The highest BCUT2D eigenvalue weighted by Gasteiger charge is 2.18. The largest absolute Gasteiger partial charge is 0.414 e. The first kappa shape index (κ1) is 8.98. The van der Waals surface area contributed by atoms with Crippen molar-refractivity contribution in [2.75, 3.05) is 0 Å². The molecule has 1 heterocycles. The van der Waals surface area contributed by atoms with Gasteiger partial charge in [-0.05, 0) is 12.8 Å². The molecule has 1 fully saturated rings. The Morgan fingerprint density at radius 1 is 1.57 bits per heavy atom. The third-order valence-corrected chi connectivity index (χ3v) is 2.27. The highest BCUT2D eigenvalue weighted by Crippen LogP contribution is 2.17. The SMILES string of the molecule is O=C(NC1CCCC1)Oc1c[nH]nn1. The number of H-pyrrole nitrogens is 1. The van der Waals surface area contributed by atoms with Gasteiger partial charge in [-0.15, -0.1) is 0 Å². The van der Waals surface area contributed by atoms with Crippen LogP contribution in [0, 0.1) is 0 Å². The molecule has 0 bridgehead atoms. The van der Waals surface area contributed by atoms with Crippen LogP contribution < -0.4 is 10.1 Å². The molecular formula is C8H12N4O2. The van der Waals surface area contributed by atoms with E-state index in [1.54, 1.807) is 0 Å². The van der Waals surface area contributed by atoms with E-state index in [1.165, 1.54) is 19.0 Å². The smallest absolute Gasteiger partial charge is 0.388 e. The van der Waals surface area contributed by atoms with Gasteiger partial charge in [0, 0.05) is 6.04 Å². The Hall–Kier alpha value is -1.59. The van der Waals surface area contributed by atoms with Gasteiger partial charge in [-0.3, -0.25) is 5.10 Å². The Kier molecular flexibility index (Phi) is 2.62. The Morgan fingerprint density at radius 2 is 2.36 bits per heavy atom. The average Bonchev–Trinajstić information content (AvgIpc) is 2.76. The maximum Gasteiger partial charge on any atom is 0.414 e. The number of nitrogens with one attached hydrogen (secondary N) is 2. The monoisotopic (exact) mass is 196 g/mol. The lowest BCUT2D eigenvalue weighted by Gasteiger charge is -2.09. The van der Waals surface area contributed by atoms with Crippen LogP contribution in [0.2, 0.25) is 0 Å². The zero-order valence-electron chi connectivity index (χ0n) is 7.69. The minimum Gasteiger partial charge on any atom is -0.388 e. The second kappa shape index (κ2) is 4.08. The van der Waals surface area contributed by atoms with E-state index in [9.17, 15) is 4.79 Å². The van der Waals surface area contributed by atoms with Gasteiger partial charge in [-0.1, -0.05) is 23.2 Å². The van der Waals surface area contributed by atoms with Crippen LogP contribution in [-0.2, 0) is 0 Å². The first-order chi connectivity index (χ1) is 6.84. The Balaban J connectivity index is 1.78. The number of aromatic nitrogens is 3. The number of carbonyl (C=O) groups excluding carboxylic acids is 1. The van der Waals surface area contributed by atoms with Crippen molar-refractivity contribution in [2.45, 2.75) is 31.7 Å². The van der Waals surface area contributed by atoms with Crippen molar-refractivity contribution in [3.63, 3.8) is 0 Å². The first-order valence-electron chi connectivity index (χ1n) is 4.69. The summed E-state index contributed by atoms with van der Waals surface area (Å²) < 4.78 is 4.86. The molecule has 1 aliphatic carbocycles. The summed E-state index contributed by atoms with van der Waals surface area (Å²) in [6.07, 6.45) is 5.39. The molecule has 0 aliphatic heterocycles. The van der Waals surface area contributed by atoms with E-state index >= 15 is 0 Å². The Morgan fingerprint density at radius 3 is 3.00 bits per heavy atom. The van der Waals surface area contributed by atoms with Crippen molar-refractivity contribution in [3.05, 3.63) is 6.20 Å². The Bertz CT molecular complexity index is 292. The van der Waals surface area contributed by atoms with Crippen molar-refractivity contribution in [3.8, 4) is 5.88 Å². The Labute approximate surface area is 81.0 Å². The van der Waals surface area contributed by atoms with Crippen LogP contribution in [0.3, 0.4) is 0 Å². The van der Waals surface area contributed by atoms with E-state index in [0.717, 1.165) is 12.8 Å². The van der Waals surface area contributed by atoms with Gasteiger partial charge in [0.05, 0.1) is 6.20 Å². The molecule has 1 amide bonds. The summed E-state index contributed by atoms with van der Waals surface area (Å²) in [5.74, 6) is 0.195. The van der Waals surface area contributed by atoms with Gasteiger partial charge >= 0.3 is 6.09 Å². The fourth-order valence-corrected chi connectivity index (χ4v) is 1.60. The van der Waals surface area contributed by atoms with Gasteiger partial charge in [0.1, 0.15) is 0 Å². The fourth-order valence-electron chi connectivity index (χ4n) is 1.60. The zero-order chi connectivity index (χ0) is 9.80. The molecule has 0 radical (unpaired) electrons. The lowest BCUT2D eigenvalue weighted by molar-refractivity contribution is 0.194. The fraction of sp³-hybridized carbons (Fsp3) is 0.625. The number of aromatic amines is 1. The van der Waals surface area contributed by atoms with Crippen molar-refractivity contribution >= 4 is 6.09 Å². The van der Waals surface area contributed by atoms with Gasteiger partial charge in [0.15, 0.2) is 0 Å². The summed E-state index contributed by atoms with van der Waals surface area (Å²) in [6.45, 7) is 0. The number of carbonyl (C=O) groups is 1. The normalized spacial score (nSPS) is 16.9. The molecule has 1 saturated carbocycles. The van der Waals surface area contributed by atoms with E-state index in [0.29, 0.717) is 0 Å². The molecule has 6 heteroatoms. The number of ether oxygens (including phenoxy) is 1. The third-order valence-electron chi connectivity index (χ3n) is 2.27. The van der Waals surface area contributed by atoms with E-state index in [-0.39, 0.29) is 11.9 Å². The molecule has 2 rings (SSSR count). The van der Waals surface area contributed by atoms with Crippen LogP contribution in [0.4, 0.5) is 4.79 Å². The minimum absolute atomic E-state index is 0.195. The van der Waals surface area contributed by atoms with Crippen LogP contribution in [0.15, 0.2) is 6.20 Å². The second-order valence-electron chi connectivity index (χ2n) is 3.33. The van der Waals surface area contributed by atoms with Crippen LogP contribution in [0.1, 0.15) is 25.7 Å².